The fraction of sp³-hybridized carbons (Fsp3) is 0.364. The first-order chi connectivity index (χ1) is 9.20. The molecular weight excluding hydrogens is 325 g/mol. The second kappa shape index (κ2) is 6.62. The summed E-state index contributed by atoms with van der Waals surface area (Å²) in [5, 5.41) is 11.7. The van der Waals surface area contributed by atoms with Crippen LogP contribution in [-0.4, -0.2) is 36.9 Å². The fourth-order valence-corrected chi connectivity index (χ4v) is 3.63. The van der Waals surface area contributed by atoms with Crippen LogP contribution >= 0.6 is 23.2 Å². The third kappa shape index (κ3) is 3.76. The monoisotopic (exact) mass is 339 g/mol. The van der Waals surface area contributed by atoms with Gasteiger partial charge in [-0.25, -0.2) is 8.42 Å². The largest absolute Gasteiger partial charge is 0.409 e. The summed E-state index contributed by atoms with van der Waals surface area (Å²) in [7, 11) is -2.43. The van der Waals surface area contributed by atoms with Crippen LogP contribution in [0, 0.1) is 0 Å². The van der Waals surface area contributed by atoms with Crippen molar-refractivity contribution in [1.82, 2.24) is 4.31 Å². The Morgan fingerprint density at radius 2 is 2.10 bits per heavy atom. The van der Waals surface area contributed by atoms with E-state index in [1.807, 2.05) is 0 Å². The van der Waals surface area contributed by atoms with Gasteiger partial charge in [-0.1, -0.05) is 28.4 Å². The zero-order valence-electron chi connectivity index (χ0n) is 10.9. The van der Waals surface area contributed by atoms with Gasteiger partial charge in [0, 0.05) is 24.5 Å². The van der Waals surface area contributed by atoms with Gasteiger partial charge in [0.05, 0.1) is 5.02 Å². The molecule has 0 aliphatic heterocycles. The Hall–Kier alpha value is -1.02. The minimum Gasteiger partial charge on any atom is -0.409 e. The van der Waals surface area contributed by atoms with Gasteiger partial charge in [0.15, 0.2) is 0 Å². The highest BCUT2D eigenvalue weighted by Gasteiger charge is 2.28. The van der Waals surface area contributed by atoms with Crippen molar-refractivity contribution in [2.24, 2.45) is 10.9 Å². The smallest absolute Gasteiger partial charge is 0.244 e. The summed E-state index contributed by atoms with van der Waals surface area (Å²) in [6.07, 6.45) is 0.0877. The zero-order valence-corrected chi connectivity index (χ0v) is 13.2. The first-order valence-electron chi connectivity index (χ1n) is 5.59. The van der Waals surface area contributed by atoms with Crippen molar-refractivity contribution in [3.63, 3.8) is 0 Å². The molecule has 0 radical (unpaired) electrons. The molecule has 1 aromatic rings. The number of nitrogens with zero attached hydrogens (tertiary/aromatic N) is 2. The number of halogens is 2. The van der Waals surface area contributed by atoms with Crippen molar-refractivity contribution in [3.05, 3.63) is 28.2 Å². The molecule has 6 nitrogen and oxygen atoms in total. The van der Waals surface area contributed by atoms with Crippen molar-refractivity contribution in [2.75, 3.05) is 7.05 Å². The summed E-state index contributed by atoms with van der Waals surface area (Å²) in [5.41, 5.74) is 5.38. The zero-order chi connectivity index (χ0) is 15.5. The van der Waals surface area contributed by atoms with E-state index in [0.717, 1.165) is 4.31 Å². The third-order valence-electron chi connectivity index (χ3n) is 2.80. The van der Waals surface area contributed by atoms with Crippen LogP contribution in [0.1, 0.15) is 13.3 Å². The lowest BCUT2D eigenvalue weighted by Crippen LogP contribution is -2.37. The number of rotatable bonds is 5. The molecule has 0 saturated heterocycles. The van der Waals surface area contributed by atoms with Crippen LogP contribution in [0.4, 0.5) is 0 Å². The molecule has 0 bridgehead atoms. The maximum Gasteiger partial charge on any atom is 0.244 e. The average Bonchev–Trinajstić information content (AvgIpc) is 2.40. The minimum absolute atomic E-state index is 0.0586. The lowest BCUT2D eigenvalue weighted by atomic mass is 10.2. The first-order valence-corrected chi connectivity index (χ1v) is 7.79. The molecule has 3 N–H and O–H groups in total. The van der Waals surface area contributed by atoms with Gasteiger partial charge in [-0.2, -0.15) is 4.31 Å². The van der Waals surface area contributed by atoms with Crippen molar-refractivity contribution < 1.29 is 13.6 Å². The highest BCUT2D eigenvalue weighted by molar-refractivity contribution is 7.89. The van der Waals surface area contributed by atoms with Crippen LogP contribution < -0.4 is 5.73 Å². The molecule has 1 atom stereocenters. The predicted octanol–water partition coefficient (Wildman–Crippen LogP) is 2.14. The predicted molar refractivity (Wildman–Crippen MR) is 78.9 cm³/mol. The maximum absolute atomic E-state index is 12.5. The van der Waals surface area contributed by atoms with Gasteiger partial charge in [0.1, 0.15) is 10.7 Å². The molecule has 1 rings (SSSR count). The Morgan fingerprint density at radius 1 is 1.50 bits per heavy atom. The lowest BCUT2D eigenvalue weighted by Gasteiger charge is -2.24. The van der Waals surface area contributed by atoms with Crippen LogP contribution in [0.15, 0.2) is 28.3 Å². The summed E-state index contributed by atoms with van der Waals surface area (Å²) in [6, 6.07) is 3.69. The van der Waals surface area contributed by atoms with Crippen molar-refractivity contribution in [3.8, 4) is 0 Å². The molecular formula is C11H15Cl2N3O3S. The third-order valence-corrected chi connectivity index (χ3v) is 5.49. The Kier molecular flexibility index (Phi) is 5.64. The first kappa shape index (κ1) is 17.0. The molecule has 0 amide bonds. The van der Waals surface area contributed by atoms with Crippen LogP contribution in [-0.2, 0) is 10.0 Å². The number of hydrogen-bond acceptors (Lipinski definition) is 4. The normalized spacial score (nSPS) is 14.6. The Labute approximate surface area is 127 Å². The number of benzene rings is 1. The average molecular weight is 340 g/mol. The van der Waals surface area contributed by atoms with Gasteiger partial charge in [0.2, 0.25) is 10.0 Å². The molecule has 20 heavy (non-hydrogen) atoms. The number of hydrogen-bond donors (Lipinski definition) is 2. The van der Waals surface area contributed by atoms with E-state index in [9.17, 15) is 8.42 Å². The standard InChI is InChI=1S/C11H15Cl2N3O3S/c1-7(5-11(14)15-17)16(2)20(18,19)10-6-8(12)3-4-9(10)13/h3-4,6-7,17H,5H2,1-2H3,(H2,14,15). The quantitative estimate of drug-likeness (QED) is 0.371. The Balaban J connectivity index is 3.12. The van der Waals surface area contributed by atoms with Crippen molar-refractivity contribution >= 4 is 39.1 Å². The van der Waals surface area contributed by atoms with Gasteiger partial charge in [-0.05, 0) is 25.1 Å². The van der Waals surface area contributed by atoms with Gasteiger partial charge in [-0.15, -0.1) is 0 Å². The molecule has 0 saturated carbocycles. The van der Waals surface area contributed by atoms with Crippen LogP contribution in [0.5, 0.6) is 0 Å². The van der Waals surface area contributed by atoms with E-state index in [1.165, 1.54) is 25.2 Å². The molecule has 0 fully saturated rings. The molecule has 0 aromatic heterocycles. The summed E-state index contributed by atoms with van der Waals surface area (Å²) in [5.74, 6) is -0.0586. The topological polar surface area (TPSA) is 96.0 Å². The van der Waals surface area contributed by atoms with Gasteiger partial charge in [0.25, 0.3) is 0 Å². The molecule has 1 aromatic carbocycles. The number of amidine groups is 1. The second-order valence-corrected chi connectivity index (χ2v) is 7.05. The highest BCUT2D eigenvalue weighted by Crippen LogP contribution is 2.28. The van der Waals surface area contributed by atoms with Crippen molar-refractivity contribution in [1.29, 1.82) is 0 Å². The summed E-state index contributed by atoms with van der Waals surface area (Å²) in [6.45, 7) is 1.63. The van der Waals surface area contributed by atoms with E-state index in [0.29, 0.717) is 0 Å². The van der Waals surface area contributed by atoms with E-state index in [-0.39, 0.29) is 27.2 Å². The van der Waals surface area contributed by atoms with Gasteiger partial charge < -0.3 is 10.9 Å². The van der Waals surface area contributed by atoms with E-state index in [1.54, 1.807) is 6.92 Å². The molecule has 0 aliphatic rings. The molecule has 1 unspecified atom stereocenters. The minimum atomic E-state index is -3.82. The molecule has 0 aliphatic carbocycles. The maximum atomic E-state index is 12.5. The van der Waals surface area contributed by atoms with Crippen LogP contribution in [0.3, 0.4) is 0 Å². The Morgan fingerprint density at radius 3 is 2.65 bits per heavy atom. The fourth-order valence-electron chi connectivity index (χ4n) is 1.54. The lowest BCUT2D eigenvalue weighted by molar-refractivity contribution is 0.313. The molecule has 112 valence electrons. The number of sulfonamides is 1. The Bertz CT molecular complexity index is 619. The second-order valence-electron chi connectivity index (χ2n) is 4.24. The van der Waals surface area contributed by atoms with Gasteiger partial charge >= 0.3 is 0 Å². The van der Waals surface area contributed by atoms with Gasteiger partial charge in [-0.3, -0.25) is 0 Å². The van der Waals surface area contributed by atoms with E-state index in [4.69, 9.17) is 34.1 Å². The van der Waals surface area contributed by atoms with Crippen LogP contribution in [0.25, 0.3) is 0 Å². The molecule has 0 spiro atoms. The number of nitrogens with two attached hydrogens (primary N) is 1. The SMILES string of the molecule is CC(CC(N)=NO)N(C)S(=O)(=O)c1cc(Cl)ccc1Cl. The molecule has 9 heteroatoms. The summed E-state index contributed by atoms with van der Waals surface area (Å²) >= 11 is 11.7. The molecule has 0 heterocycles. The van der Waals surface area contributed by atoms with E-state index >= 15 is 0 Å². The van der Waals surface area contributed by atoms with Crippen LogP contribution in [0.2, 0.25) is 10.0 Å². The van der Waals surface area contributed by atoms with Crippen molar-refractivity contribution in [2.45, 2.75) is 24.3 Å². The van der Waals surface area contributed by atoms with E-state index in [2.05, 4.69) is 5.16 Å². The van der Waals surface area contributed by atoms with E-state index < -0.39 is 16.1 Å². The summed E-state index contributed by atoms with van der Waals surface area (Å²) < 4.78 is 26.0. The highest BCUT2D eigenvalue weighted by atomic mass is 35.5. The summed E-state index contributed by atoms with van der Waals surface area (Å²) in [4.78, 5) is -0.0828. The number of oxime groups is 1.